The van der Waals surface area contributed by atoms with E-state index in [1.807, 2.05) is 139 Å². The number of ether oxygens (including phenoxy) is 1. The summed E-state index contributed by atoms with van der Waals surface area (Å²) in [4.78, 5) is 65.2. The zero-order valence-electron chi connectivity index (χ0n) is 36.1. The number of pyridine rings is 2. The van der Waals surface area contributed by atoms with Crippen LogP contribution in [0.3, 0.4) is 0 Å². The molecule has 0 spiro atoms. The molecule has 2 aromatic heterocycles. The van der Waals surface area contributed by atoms with Crippen molar-refractivity contribution in [1.82, 2.24) is 36.1 Å². The fraction of sp³-hybridized carbons (Fsp3) is 0.447. The van der Waals surface area contributed by atoms with Gasteiger partial charge < -0.3 is 36.0 Å². The molecule has 5 amide bonds. The maximum absolute atomic E-state index is 14.7. The van der Waals surface area contributed by atoms with Crippen LogP contribution in [0.1, 0.15) is 70.5 Å². The van der Waals surface area contributed by atoms with Crippen LogP contribution in [0.4, 0.5) is 9.59 Å². The number of aryl methyl sites for hydroxylation is 1. The van der Waals surface area contributed by atoms with Crippen LogP contribution in [0.5, 0.6) is 0 Å². The molecule has 1 fully saturated rings. The molecule has 6 atom stereocenters. The second-order valence-corrected chi connectivity index (χ2v) is 17.9. The van der Waals surface area contributed by atoms with Gasteiger partial charge in [0.15, 0.2) is 0 Å². The number of aliphatic hydroxyl groups excluding tert-OH is 1. The Morgan fingerprint density at radius 3 is 2.13 bits per heavy atom. The topological polar surface area (TPSA) is 175 Å². The van der Waals surface area contributed by atoms with Gasteiger partial charge in [0, 0.05) is 30.0 Å². The zero-order chi connectivity index (χ0) is 43.6. The lowest BCUT2D eigenvalue weighted by Crippen LogP contribution is -2.58. The average Bonchev–Trinajstić information content (AvgIpc) is 3.54. The van der Waals surface area contributed by atoms with E-state index < -0.39 is 59.0 Å². The smallest absolute Gasteiger partial charge is 0.407 e. The number of aliphatic hydroxyl groups is 1. The third kappa shape index (κ3) is 12.4. The van der Waals surface area contributed by atoms with Gasteiger partial charge in [0.05, 0.1) is 49.1 Å². The highest BCUT2D eigenvalue weighted by Gasteiger charge is 2.46. The van der Waals surface area contributed by atoms with Gasteiger partial charge in [-0.3, -0.25) is 19.6 Å². The number of nitrogens with one attached hydrogen (secondary N) is 4. The minimum atomic E-state index is -1.15. The third-order valence-corrected chi connectivity index (χ3v) is 10.9. The number of amides is 5. The van der Waals surface area contributed by atoms with Crippen molar-refractivity contribution in [2.24, 2.45) is 16.7 Å². The largest absolute Gasteiger partial charge is 0.453 e. The number of aromatic nitrogens is 2. The third-order valence-electron chi connectivity index (χ3n) is 10.9. The van der Waals surface area contributed by atoms with Gasteiger partial charge in [0.25, 0.3) is 0 Å². The van der Waals surface area contributed by atoms with Gasteiger partial charge in [-0.2, -0.15) is 0 Å². The van der Waals surface area contributed by atoms with Gasteiger partial charge in [0.1, 0.15) is 6.04 Å². The number of benzene rings is 2. The van der Waals surface area contributed by atoms with Crippen LogP contribution < -0.4 is 21.3 Å². The van der Waals surface area contributed by atoms with Gasteiger partial charge in [-0.25, -0.2) is 9.59 Å². The summed E-state index contributed by atoms with van der Waals surface area (Å²) in [6, 6.07) is 25.7. The van der Waals surface area contributed by atoms with E-state index in [0.717, 1.165) is 33.8 Å². The Morgan fingerprint density at radius 2 is 1.52 bits per heavy atom. The first-order chi connectivity index (χ1) is 28.4. The molecule has 1 aliphatic heterocycles. The number of urea groups is 1. The monoisotopic (exact) mass is 819 g/mol. The van der Waals surface area contributed by atoms with E-state index in [9.17, 15) is 24.3 Å². The zero-order valence-corrected chi connectivity index (χ0v) is 36.1. The number of rotatable bonds is 16. The molecule has 5 N–H and O–H groups in total. The standard InChI is InChI=1S/C47H61N7O6/c1-30-15-14-18-34(50-30)29-54-38(28-49-44(54)58)40(46(2,3)4)42(56)51-35(25-31-16-10-9-11-17-31)27-39(55)37(52-43(57)41(47(5,6)7)53-45(59)60-8)26-32-20-22-33(23-21-32)36-19-12-13-24-48-36/h9-24,35,37-41,55H,25-29H2,1-8H3,(H,49,58)(H,51,56)(H,52,57)(H,53,59)/t35-,37-,38?,39-,40-,41+/m0/s1. The van der Waals surface area contributed by atoms with Gasteiger partial charge in [-0.05, 0) is 72.4 Å². The second kappa shape index (κ2) is 20.0. The van der Waals surface area contributed by atoms with Gasteiger partial charge in [0.2, 0.25) is 11.8 Å². The number of nitrogens with zero attached hydrogens (tertiary/aromatic N) is 3. The molecule has 0 saturated carbocycles. The quantitative estimate of drug-likeness (QED) is 0.0918. The molecule has 1 unspecified atom stereocenters. The minimum absolute atomic E-state index is 0.0812. The second-order valence-electron chi connectivity index (χ2n) is 17.9. The fourth-order valence-corrected chi connectivity index (χ4v) is 7.89. The van der Waals surface area contributed by atoms with Gasteiger partial charge in [-0.15, -0.1) is 0 Å². The Balaban J connectivity index is 1.44. The summed E-state index contributed by atoms with van der Waals surface area (Å²) in [6.07, 6.45) is 0.559. The highest BCUT2D eigenvalue weighted by Crippen LogP contribution is 2.34. The van der Waals surface area contributed by atoms with Crippen LogP contribution in [0.15, 0.2) is 97.2 Å². The molecule has 0 radical (unpaired) electrons. The number of alkyl carbamates (subject to hydrolysis) is 1. The molecule has 1 aliphatic rings. The van der Waals surface area contributed by atoms with Crippen LogP contribution >= 0.6 is 0 Å². The predicted octanol–water partition coefficient (Wildman–Crippen LogP) is 5.98. The molecule has 1 saturated heterocycles. The fourth-order valence-electron chi connectivity index (χ4n) is 7.89. The molecule has 60 heavy (non-hydrogen) atoms. The van der Waals surface area contributed by atoms with Crippen LogP contribution in [0.25, 0.3) is 11.3 Å². The summed E-state index contributed by atoms with van der Waals surface area (Å²) in [5.41, 5.74) is 3.83. The van der Waals surface area contributed by atoms with Crippen molar-refractivity contribution in [2.45, 2.75) is 105 Å². The van der Waals surface area contributed by atoms with E-state index in [2.05, 4.69) is 31.2 Å². The maximum Gasteiger partial charge on any atom is 0.407 e. The van der Waals surface area contributed by atoms with E-state index in [0.29, 0.717) is 6.42 Å². The van der Waals surface area contributed by atoms with Crippen LogP contribution in [0, 0.1) is 23.7 Å². The van der Waals surface area contributed by atoms with Crippen molar-refractivity contribution >= 4 is 23.9 Å². The number of carbonyl (C=O) groups excluding carboxylic acids is 4. The highest BCUT2D eigenvalue weighted by molar-refractivity contribution is 5.87. The van der Waals surface area contributed by atoms with E-state index in [1.165, 1.54) is 7.11 Å². The summed E-state index contributed by atoms with van der Waals surface area (Å²) < 4.78 is 4.84. The summed E-state index contributed by atoms with van der Waals surface area (Å²) >= 11 is 0. The Labute approximate surface area is 354 Å². The Kier molecular flexibility index (Phi) is 15.1. The van der Waals surface area contributed by atoms with Crippen LogP contribution in [-0.2, 0) is 33.7 Å². The number of methoxy groups -OCH3 is 1. The van der Waals surface area contributed by atoms with E-state index in [4.69, 9.17) is 4.74 Å². The lowest BCUT2D eigenvalue weighted by atomic mass is 9.75. The van der Waals surface area contributed by atoms with Crippen molar-refractivity contribution in [2.75, 3.05) is 13.7 Å². The van der Waals surface area contributed by atoms with Crippen LogP contribution in [-0.4, -0.2) is 87.8 Å². The first kappa shape index (κ1) is 45.3. The molecule has 4 aromatic rings. The number of carbonyl (C=O) groups is 4. The van der Waals surface area contributed by atoms with E-state index in [-0.39, 0.29) is 37.9 Å². The summed E-state index contributed by atoms with van der Waals surface area (Å²) in [6.45, 7) is 13.9. The SMILES string of the molecule is COC(=O)N[C@H](C(=O)N[C@@H](Cc1ccc(-c2ccccn2)cc1)[C@@H](O)C[C@H](Cc1ccccc1)NC(=O)[C@H](C1CNC(=O)N1Cc1cccc(C)n1)C(C)(C)C)C(C)(C)C. The Bertz CT molecular complexity index is 2050. The molecule has 0 aliphatic carbocycles. The molecule has 13 nitrogen and oxygen atoms in total. The van der Waals surface area contributed by atoms with E-state index in [1.54, 1.807) is 11.1 Å². The summed E-state index contributed by atoms with van der Waals surface area (Å²) in [7, 11) is 1.24. The minimum Gasteiger partial charge on any atom is -0.453 e. The number of hydrogen-bond acceptors (Lipinski definition) is 8. The lowest BCUT2D eigenvalue weighted by Gasteiger charge is -2.39. The number of hydrogen-bond donors (Lipinski definition) is 5. The van der Waals surface area contributed by atoms with Crippen molar-refractivity contribution in [3.8, 4) is 11.3 Å². The summed E-state index contributed by atoms with van der Waals surface area (Å²) in [5.74, 6) is -1.37. The van der Waals surface area contributed by atoms with Crippen molar-refractivity contribution in [3.05, 3.63) is 120 Å². The molecular weight excluding hydrogens is 759 g/mol. The molecule has 0 bridgehead atoms. The van der Waals surface area contributed by atoms with Crippen molar-refractivity contribution < 1.29 is 29.0 Å². The maximum atomic E-state index is 14.7. The van der Waals surface area contributed by atoms with E-state index >= 15 is 0 Å². The molecule has 320 valence electrons. The Hall–Kier alpha value is -5.82. The van der Waals surface area contributed by atoms with Crippen molar-refractivity contribution in [1.29, 1.82) is 0 Å². The van der Waals surface area contributed by atoms with Gasteiger partial charge >= 0.3 is 12.1 Å². The summed E-state index contributed by atoms with van der Waals surface area (Å²) in [5, 5.41) is 24.2. The molecule has 5 rings (SSSR count). The van der Waals surface area contributed by atoms with Crippen LogP contribution in [0.2, 0.25) is 0 Å². The molecule has 2 aromatic carbocycles. The lowest BCUT2D eigenvalue weighted by molar-refractivity contribution is -0.132. The van der Waals surface area contributed by atoms with Crippen molar-refractivity contribution in [3.63, 3.8) is 0 Å². The first-order valence-electron chi connectivity index (χ1n) is 20.6. The van der Waals surface area contributed by atoms with Gasteiger partial charge in [-0.1, -0.05) is 108 Å². The molecular formula is C47H61N7O6. The molecule has 3 heterocycles. The highest BCUT2D eigenvalue weighted by atomic mass is 16.5. The Morgan fingerprint density at radius 1 is 0.833 bits per heavy atom. The predicted molar refractivity (Wildman–Crippen MR) is 231 cm³/mol. The molecule has 13 heteroatoms. The normalized spacial score (nSPS) is 16.8. The average molecular weight is 820 g/mol. The first-order valence-corrected chi connectivity index (χ1v) is 20.6.